The van der Waals surface area contributed by atoms with Gasteiger partial charge in [0.1, 0.15) is 6.26 Å². The van der Waals surface area contributed by atoms with Crippen LogP contribution in [0.15, 0.2) is 41.0 Å². The lowest BCUT2D eigenvalue weighted by Gasteiger charge is -2.14. The van der Waals surface area contributed by atoms with E-state index in [1.165, 1.54) is 0 Å². The van der Waals surface area contributed by atoms with Gasteiger partial charge in [-0.2, -0.15) is 0 Å². The summed E-state index contributed by atoms with van der Waals surface area (Å²) in [5.74, 6) is 0.881. The highest BCUT2D eigenvalue weighted by Crippen LogP contribution is 2.17. The molecule has 0 aliphatic rings. The molecule has 0 aliphatic carbocycles. The maximum Gasteiger partial charge on any atom is 0.226 e. The van der Waals surface area contributed by atoms with Crippen LogP contribution in [0.1, 0.15) is 19.5 Å². The van der Waals surface area contributed by atoms with Crippen LogP contribution in [0.25, 0.3) is 11.5 Å². The largest absolute Gasteiger partial charge is 0.444 e. The monoisotopic (exact) mass is 260 g/mol. The molecule has 2 N–H and O–H groups in total. The zero-order valence-corrected chi connectivity index (χ0v) is 11.3. The van der Waals surface area contributed by atoms with Gasteiger partial charge in [-0.15, -0.1) is 0 Å². The van der Waals surface area contributed by atoms with E-state index in [-0.39, 0.29) is 12.0 Å². The van der Waals surface area contributed by atoms with Crippen LogP contribution in [0.4, 0.5) is 0 Å². The number of aliphatic hydroxyl groups excluding tert-OH is 1. The van der Waals surface area contributed by atoms with E-state index in [0.717, 1.165) is 11.3 Å². The number of benzene rings is 1. The second kappa shape index (κ2) is 6.50. The number of aliphatic hydroxyl groups is 1. The third kappa shape index (κ3) is 3.91. The van der Waals surface area contributed by atoms with Crippen molar-refractivity contribution in [3.8, 4) is 11.5 Å². The average molecular weight is 260 g/mol. The Kier molecular flexibility index (Phi) is 4.71. The summed E-state index contributed by atoms with van der Waals surface area (Å²) in [6.07, 6.45) is 1.32. The number of hydrogen-bond acceptors (Lipinski definition) is 4. The van der Waals surface area contributed by atoms with Crippen molar-refractivity contribution in [3.63, 3.8) is 0 Å². The SMILES string of the molecule is CC(C)C(O)CNCc1coc(-c2ccccc2)n1. The van der Waals surface area contributed by atoms with Crippen molar-refractivity contribution < 1.29 is 9.52 Å². The maximum absolute atomic E-state index is 9.68. The zero-order valence-electron chi connectivity index (χ0n) is 11.3. The first-order valence-electron chi connectivity index (χ1n) is 6.55. The molecule has 0 radical (unpaired) electrons. The zero-order chi connectivity index (χ0) is 13.7. The first-order valence-corrected chi connectivity index (χ1v) is 6.55. The third-order valence-corrected chi connectivity index (χ3v) is 3.00. The summed E-state index contributed by atoms with van der Waals surface area (Å²) < 4.78 is 5.44. The fraction of sp³-hybridized carbons (Fsp3) is 0.400. The first kappa shape index (κ1) is 13.8. The topological polar surface area (TPSA) is 58.3 Å². The molecule has 1 heterocycles. The molecule has 1 unspecified atom stereocenters. The Labute approximate surface area is 113 Å². The number of rotatable bonds is 6. The van der Waals surface area contributed by atoms with Gasteiger partial charge in [-0.25, -0.2) is 4.98 Å². The maximum atomic E-state index is 9.68. The lowest BCUT2D eigenvalue weighted by molar-refractivity contribution is 0.123. The minimum Gasteiger partial charge on any atom is -0.444 e. The normalized spacial score (nSPS) is 12.8. The van der Waals surface area contributed by atoms with Gasteiger partial charge in [0, 0.05) is 18.7 Å². The molecule has 102 valence electrons. The molecule has 1 atom stereocenters. The highest BCUT2D eigenvalue weighted by molar-refractivity contribution is 5.52. The van der Waals surface area contributed by atoms with Crippen molar-refractivity contribution in [2.45, 2.75) is 26.5 Å². The standard InChI is InChI=1S/C15H20N2O2/c1-11(2)14(18)9-16-8-13-10-19-15(17-13)12-6-4-3-5-7-12/h3-7,10-11,14,16,18H,8-9H2,1-2H3. The van der Waals surface area contributed by atoms with E-state index >= 15 is 0 Å². The molecule has 4 heteroatoms. The Balaban J connectivity index is 1.88. The van der Waals surface area contributed by atoms with E-state index in [0.29, 0.717) is 19.0 Å². The average Bonchev–Trinajstić information content (AvgIpc) is 2.88. The van der Waals surface area contributed by atoms with E-state index in [1.54, 1.807) is 6.26 Å². The Morgan fingerprint density at radius 3 is 2.68 bits per heavy atom. The van der Waals surface area contributed by atoms with Gasteiger partial charge >= 0.3 is 0 Å². The molecule has 2 aromatic rings. The van der Waals surface area contributed by atoms with Crippen LogP contribution in [0.2, 0.25) is 0 Å². The lowest BCUT2D eigenvalue weighted by atomic mass is 10.1. The Morgan fingerprint density at radius 1 is 1.26 bits per heavy atom. The molecule has 1 aromatic carbocycles. The molecule has 0 spiro atoms. The molecule has 0 saturated carbocycles. The van der Waals surface area contributed by atoms with Crippen molar-refractivity contribution in [3.05, 3.63) is 42.3 Å². The fourth-order valence-corrected chi connectivity index (χ4v) is 1.69. The van der Waals surface area contributed by atoms with Crippen molar-refractivity contribution in [1.82, 2.24) is 10.3 Å². The van der Waals surface area contributed by atoms with Crippen molar-refractivity contribution in [2.24, 2.45) is 5.92 Å². The molecule has 1 aromatic heterocycles. The van der Waals surface area contributed by atoms with Gasteiger partial charge in [-0.1, -0.05) is 32.0 Å². The molecular formula is C15H20N2O2. The number of oxazole rings is 1. The number of aromatic nitrogens is 1. The van der Waals surface area contributed by atoms with E-state index in [2.05, 4.69) is 10.3 Å². The quantitative estimate of drug-likeness (QED) is 0.837. The molecule has 0 aliphatic heterocycles. The summed E-state index contributed by atoms with van der Waals surface area (Å²) in [7, 11) is 0. The fourth-order valence-electron chi connectivity index (χ4n) is 1.69. The van der Waals surface area contributed by atoms with Crippen LogP contribution in [-0.4, -0.2) is 22.7 Å². The van der Waals surface area contributed by atoms with Gasteiger partial charge in [-0.3, -0.25) is 0 Å². The van der Waals surface area contributed by atoms with Crippen LogP contribution < -0.4 is 5.32 Å². The number of nitrogens with one attached hydrogen (secondary N) is 1. The summed E-state index contributed by atoms with van der Waals surface area (Å²) >= 11 is 0. The summed E-state index contributed by atoms with van der Waals surface area (Å²) in [6, 6.07) is 9.80. The van der Waals surface area contributed by atoms with E-state index in [9.17, 15) is 5.11 Å². The highest BCUT2D eigenvalue weighted by atomic mass is 16.3. The van der Waals surface area contributed by atoms with Gasteiger partial charge in [0.15, 0.2) is 0 Å². The molecule has 19 heavy (non-hydrogen) atoms. The van der Waals surface area contributed by atoms with E-state index in [1.807, 2.05) is 44.2 Å². The summed E-state index contributed by atoms with van der Waals surface area (Å²) in [5.41, 5.74) is 1.81. The Bertz CT molecular complexity index is 494. The Hall–Kier alpha value is -1.65. The van der Waals surface area contributed by atoms with Crippen molar-refractivity contribution in [1.29, 1.82) is 0 Å². The van der Waals surface area contributed by atoms with Gasteiger partial charge in [0.25, 0.3) is 0 Å². The van der Waals surface area contributed by atoms with Gasteiger partial charge in [0.2, 0.25) is 5.89 Å². The van der Waals surface area contributed by atoms with Gasteiger partial charge in [-0.05, 0) is 18.1 Å². The molecule has 0 bridgehead atoms. The van der Waals surface area contributed by atoms with E-state index < -0.39 is 0 Å². The molecule has 0 saturated heterocycles. The number of hydrogen-bond donors (Lipinski definition) is 2. The van der Waals surface area contributed by atoms with Crippen LogP contribution in [0, 0.1) is 5.92 Å². The van der Waals surface area contributed by atoms with E-state index in [4.69, 9.17) is 4.42 Å². The molecule has 4 nitrogen and oxygen atoms in total. The minimum absolute atomic E-state index is 0.254. The second-order valence-corrected chi connectivity index (χ2v) is 4.95. The van der Waals surface area contributed by atoms with Crippen LogP contribution in [0.5, 0.6) is 0 Å². The Morgan fingerprint density at radius 2 is 2.00 bits per heavy atom. The van der Waals surface area contributed by atoms with Crippen LogP contribution in [0.3, 0.4) is 0 Å². The number of nitrogens with zero attached hydrogens (tertiary/aromatic N) is 1. The van der Waals surface area contributed by atoms with Crippen LogP contribution >= 0.6 is 0 Å². The predicted molar refractivity (Wildman–Crippen MR) is 74.5 cm³/mol. The molecule has 2 rings (SSSR count). The van der Waals surface area contributed by atoms with Gasteiger partial charge in [0.05, 0.1) is 11.8 Å². The van der Waals surface area contributed by atoms with Crippen molar-refractivity contribution >= 4 is 0 Å². The minimum atomic E-state index is -0.333. The smallest absolute Gasteiger partial charge is 0.226 e. The third-order valence-electron chi connectivity index (χ3n) is 3.00. The predicted octanol–water partition coefficient (Wildman–Crippen LogP) is 2.45. The van der Waals surface area contributed by atoms with Crippen LogP contribution in [-0.2, 0) is 6.54 Å². The lowest BCUT2D eigenvalue weighted by Crippen LogP contribution is -2.30. The highest BCUT2D eigenvalue weighted by Gasteiger charge is 2.09. The second-order valence-electron chi connectivity index (χ2n) is 4.95. The van der Waals surface area contributed by atoms with Crippen molar-refractivity contribution in [2.75, 3.05) is 6.54 Å². The summed E-state index contributed by atoms with van der Waals surface area (Å²) in [4.78, 5) is 4.41. The summed E-state index contributed by atoms with van der Waals surface area (Å²) in [6.45, 7) is 5.15. The molecular weight excluding hydrogens is 240 g/mol. The summed E-state index contributed by atoms with van der Waals surface area (Å²) in [5, 5.41) is 12.9. The molecule has 0 amide bonds. The first-order chi connectivity index (χ1) is 9.16. The van der Waals surface area contributed by atoms with Gasteiger partial charge < -0.3 is 14.8 Å². The molecule has 0 fully saturated rings.